The first kappa shape index (κ1) is 79.6. The summed E-state index contributed by atoms with van der Waals surface area (Å²) < 4.78 is 236. The molecule has 0 saturated carbocycles. The van der Waals surface area contributed by atoms with Crippen LogP contribution in [-0.2, 0) is 4.79 Å². The summed E-state index contributed by atoms with van der Waals surface area (Å²) in [5, 5.41) is -0.0343. The zero-order valence-electron chi connectivity index (χ0n) is 65.3. The molecule has 4 aliphatic heterocycles. The summed E-state index contributed by atoms with van der Waals surface area (Å²) >= 11 is 1.16. The van der Waals surface area contributed by atoms with E-state index in [4.69, 9.17) is 9.97 Å². The molecule has 0 atom stereocenters. The molecule has 0 radical (unpaired) electrons. The first-order valence-electron chi connectivity index (χ1n) is 38.0. The highest BCUT2D eigenvalue weighted by atomic mass is 32.2. The van der Waals surface area contributed by atoms with Gasteiger partial charge in [0.05, 0.1) is 62.2 Å². The molecule has 0 spiro atoms. The Morgan fingerprint density at radius 1 is 0.252 bits per heavy atom. The van der Waals surface area contributed by atoms with Gasteiger partial charge in [-0.15, -0.1) is 0 Å². The van der Waals surface area contributed by atoms with Crippen molar-refractivity contribution in [1.82, 2.24) is 39.9 Å². The Hall–Kier alpha value is -14.5. The number of rotatable bonds is 9. The van der Waals surface area contributed by atoms with Crippen LogP contribution in [0.1, 0.15) is 97.0 Å². The SMILES string of the molecule is CC(=O)Sc1ccc(-c2c3nc(c(-c4c(C)cc(C)cc4C)c4ccc([nH]4)c(-c4ccc(C#Cc5ccc(-c6c7nc(c(-c8c(F)c(F)c(F)c(F)c8F)c8ccc([nH]8)c(-c8c(F)c(F)c(F)c(F)c8F)c8nc(c(-c9c(F)c(F)c(F)c(F)c9F)c9ccc6[nH]9)C=C8)C=C7)cc5)cc4)c4nc(c(-c5c(C)cc(C)cc5C)c5ccc2[nH]5)C=C4)C=C3)cc1. The number of hydrogen-bond acceptors (Lipinski definition) is 6. The van der Waals surface area contributed by atoms with Gasteiger partial charge in [0.1, 0.15) is 0 Å². The standard InChI is InChI=1S/C98H57F15N8OS/c1-42-38-44(3)71(45(4)39-42)76-61-28-22-55(114-61)73(56-23-29-62(115-56)77(72-46(5)40-43(2)41-47(72)6)64-31-25-60(117-64)75(59-24-30-63(76)116-59)53-18-20-54(21-19-53)123-48(7)122)51-14-10-49(11-15-51)8-9-50-12-16-52(17-13-50)74-57-26-32-65(118-57)78(81-84(99)90(105)96(111)91(106)85(81)100)67-34-36-69(120-67)80(83-88(103)94(109)98(113)95(110)89(83)104)70-37-35-68(121-70)79(66-33-27-58(74)119-66)82-86(101)92(107)97(112)93(108)87(82)102/h10-41,114,117-118,121H,1-7H3. The first-order valence-corrected chi connectivity index (χ1v) is 38.9. The van der Waals surface area contributed by atoms with Gasteiger partial charge in [-0.3, -0.25) is 4.79 Å². The maximum atomic E-state index is 16.5. The van der Waals surface area contributed by atoms with Gasteiger partial charge >= 0.3 is 0 Å². The number of hydrogen-bond donors (Lipinski definition) is 4. The Bertz CT molecular complexity index is 7370. The molecule has 9 nitrogen and oxygen atoms in total. The number of aromatic amines is 4. The molecule has 0 aliphatic carbocycles. The monoisotopic (exact) mass is 1680 g/mol. The third kappa shape index (κ3) is 13.6. The van der Waals surface area contributed by atoms with Crippen LogP contribution in [0.15, 0.2) is 150 Å². The number of nitrogens with one attached hydrogen (secondary N) is 4. The largest absolute Gasteiger partial charge is 0.354 e. The van der Waals surface area contributed by atoms with Crippen molar-refractivity contribution in [3.8, 4) is 101 Å². The predicted molar refractivity (Wildman–Crippen MR) is 452 cm³/mol. The van der Waals surface area contributed by atoms with Crippen molar-refractivity contribution in [3.63, 3.8) is 0 Å². The molecular formula is C98H57F15N8OS. The van der Waals surface area contributed by atoms with Gasteiger partial charge in [0, 0.05) is 112 Å². The van der Waals surface area contributed by atoms with E-state index in [2.05, 4.69) is 120 Å². The van der Waals surface area contributed by atoms with Crippen LogP contribution in [0, 0.1) is 141 Å². The van der Waals surface area contributed by atoms with Gasteiger partial charge in [0.2, 0.25) is 17.5 Å². The Morgan fingerprint density at radius 3 is 0.675 bits per heavy atom. The molecule has 25 heteroatoms. The normalized spacial score (nSPS) is 12.2. The molecule has 606 valence electrons. The second-order valence-corrected chi connectivity index (χ2v) is 31.2. The minimum atomic E-state index is -2.63. The number of H-pyrrole nitrogens is 4. The lowest BCUT2D eigenvalue weighted by atomic mass is 9.92. The molecule has 0 saturated heterocycles. The van der Waals surface area contributed by atoms with Gasteiger partial charge in [0.15, 0.2) is 74.9 Å². The van der Waals surface area contributed by atoms with Crippen molar-refractivity contribution in [3.05, 3.63) is 323 Å². The lowest BCUT2D eigenvalue weighted by Gasteiger charge is -2.13. The minimum absolute atomic E-state index is 0.00692. The minimum Gasteiger partial charge on any atom is -0.354 e. The van der Waals surface area contributed by atoms with Gasteiger partial charge in [-0.25, -0.2) is 85.8 Å². The zero-order chi connectivity index (χ0) is 86.3. The Balaban J connectivity index is 0.810. The van der Waals surface area contributed by atoms with Crippen LogP contribution in [0.2, 0.25) is 0 Å². The van der Waals surface area contributed by atoms with Gasteiger partial charge in [-0.2, -0.15) is 0 Å². The third-order valence-corrected chi connectivity index (χ3v) is 22.6. The van der Waals surface area contributed by atoms with Crippen molar-refractivity contribution >= 4 is 110 Å². The summed E-state index contributed by atoms with van der Waals surface area (Å²) in [7, 11) is 0. The molecule has 8 aromatic carbocycles. The molecule has 123 heavy (non-hydrogen) atoms. The summed E-state index contributed by atoms with van der Waals surface area (Å²) in [6.45, 7) is 14.0. The van der Waals surface area contributed by atoms with Crippen LogP contribution >= 0.6 is 11.8 Å². The van der Waals surface area contributed by atoms with Crippen molar-refractivity contribution < 1.29 is 70.7 Å². The first-order chi connectivity index (χ1) is 59.0. The number of benzene rings is 8. The number of nitrogens with zero attached hydrogens (tertiary/aromatic N) is 4. The molecule has 4 N–H and O–H groups in total. The van der Waals surface area contributed by atoms with Gasteiger partial charge in [-0.1, -0.05) is 95.4 Å². The molecule has 14 aromatic rings. The molecule has 18 rings (SSSR count). The van der Waals surface area contributed by atoms with E-state index in [1.54, 1.807) is 24.3 Å². The van der Waals surface area contributed by atoms with Crippen molar-refractivity contribution in [2.24, 2.45) is 0 Å². The Labute approximate surface area is 693 Å². The number of thioether (sulfide) groups is 1. The van der Waals surface area contributed by atoms with Crippen LogP contribution < -0.4 is 0 Å². The summed E-state index contributed by atoms with van der Waals surface area (Å²) in [6.07, 6.45) is 12.0. The molecule has 0 fully saturated rings. The Morgan fingerprint density at radius 2 is 0.447 bits per heavy atom. The molecule has 0 unspecified atom stereocenters. The number of aryl methyl sites for hydroxylation is 6. The fraction of sp³-hybridized carbons (Fsp3) is 0.0714. The fourth-order valence-electron chi connectivity index (χ4n) is 16.7. The highest BCUT2D eigenvalue weighted by molar-refractivity contribution is 8.13. The molecule has 10 heterocycles. The maximum absolute atomic E-state index is 16.5. The van der Waals surface area contributed by atoms with Crippen LogP contribution in [0.4, 0.5) is 65.9 Å². The van der Waals surface area contributed by atoms with E-state index in [0.717, 1.165) is 153 Å². The second-order valence-electron chi connectivity index (χ2n) is 29.9. The Kier molecular flexibility index (Phi) is 19.8. The van der Waals surface area contributed by atoms with E-state index in [1.807, 2.05) is 85.0 Å². The fourth-order valence-corrected chi connectivity index (χ4v) is 17.3. The molecule has 4 aliphatic rings. The third-order valence-electron chi connectivity index (χ3n) is 21.8. The van der Waals surface area contributed by atoms with Crippen LogP contribution in [-0.4, -0.2) is 45.0 Å². The highest BCUT2D eigenvalue weighted by Gasteiger charge is 2.35. The smallest absolute Gasteiger partial charge is 0.200 e. The van der Waals surface area contributed by atoms with Gasteiger partial charge in [-0.05, 0) is 225 Å². The zero-order valence-corrected chi connectivity index (χ0v) is 66.1. The molecule has 6 aromatic heterocycles. The summed E-state index contributed by atoms with van der Waals surface area (Å²) in [4.78, 5) is 46.2. The van der Waals surface area contributed by atoms with E-state index in [-0.39, 0.29) is 27.5 Å². The number of aromatic nitrogens is 8. The molecular weight excluding hydrogens is 1620 g/mol. The van der Waals surface area contributed by atoms with Crippen molar-refractivity contribution in [2.45, 2.75) is 53.4 Å². The van der Waals surface area contributed by atoms with E-state index >= 15 is 52.7 Å². The summed E-state index contributed by atoms with van der Waals surface area (Å²) in [5.41, 5.74) is 7.80. The topological polar surface area (TPSA) is 132 Å². The maximum Gasteiger partial charge on any atom is 0.200 e. The van der Waals surface area contributed by atoms with Gasteiger partial charge < -0.3 is 19.9 Å². The number of halogens is 15. The second kappa shape index (κ2) is 30.6. The van der Waals surface area contributed by atoms with Crippen LogP contribution in [0.3, 0.4) is 0 Å². The van der Waals surface area contributed by atoms with Gasteiger partial charge in [0.25, 0.3) is 0 Å². The van der Waals surface area contributed by atoms with Crippen LogP contribution in [0.5, 0.6) is 0 Å². The quantitative estimate of drug-likeness (QED) is 0.0374. The number of fused-ring (bicyclic) bond motifs is 16. The van der Waals surface area contributed by atoms with E-state index in [1.165, 1.54) is 19.1 Å². The van der Waals surface area contributed by atoms with Crippen molar-refractivity contribution in [2.75, 3.05) is 0 Å². The van der Waals surface area contributed by atoms with E-state index in [0.29, 0.717) is 33.9 Å². The van der Waals surface area contributed by atoms with Crippen LogP contribution in [0.25, 0.3) is 182 Å². The molecule has 0 amide bonds. The summed E-state index contributed by atoms with van der Waals surface area (Å²) in [5.74, 6) is -30.7. The lowest BCUT2D eigenvalue weighted by molar-refractivity contribution is -0.109. The predicted octanol–water partition coefficient (Wildman–Crippen LogP) is 26.9. The number of carbonyl (C=O) groups is 1. The van der Waals surface area contributed by atoms with E-state index in [9.17, 15) is 18.0 Å². The highest BCUT2D eigenvalue weighted by Crippen LogP contribution is 2.47. The van der Waals surface area contributed by atoms with Crippen molar-refractivity contribution in [1.29, 1.82) is 0 Å². The number of carbonyl (C=O) groups excluding carboxylic acids is 1. The average molecular weight is 1680 g/mol. The van der Waals surface area contributed by atoms with E-state index < -0.39 is 154 Å². The summed E-state index contributed by atoms with van der Waals surface area (Å²) in [6, 6.07) is 42.5. The lowest BCUT2D eigenvalue weighted by Crippen LogP contribution is -2.06. The average Bonchev–Trinajstić information content (AvgIpc) is 1.70. The molecule has 16 bridgehead atoms.